The average Bonchev–Trinajstić information content (AvgIpc) is 2.48. The maximum absolute atomic E-state index is 11.4. The molecule has 1 aliphatic heterocycles. The van der Waals surface area contributed by atoms with Crippen molar-refractivity contribution in [3.63, 3.8) is 0 Å². The van der Waals surface area contributed by atoms with Crippen LogP contribution in [0.2, 0.25) is 0 Å². The highest BCUT2D eigenvalue weighted by Crippen LogP contribution is 2.25. The zero-order valence-electron chi connectivity index (χ0n) is 12.2. The van der Waals surface area contributed by atoms with Crippen molar-refractivity contribution in [2.24, 2.45) is 0 Å². The van der Waals surface area contributed by atoms with Gasteiger partial charge in [-0.1, -0.05) is 6.42 Å². The summed E-state index contributed by atoms with van der Waals surface area (Å²) in [6.07, 6.45) is 3.73. The molecular weight excluding hydrogens is 272 g/mol. The van der Waals surface area contributed by atoms with Gasteiger partial charge in [-0.15, -0.1) is 0 Å². The van der Waals surface area contributed by atoms with Gasteiger partial charge in [0, 0.05) is 6.54 Å². The van der Waals surface area contributed by atoms with Crippen molar-refractivity contribution in [3.8, 4) is 5.75 Å². The number of hydrogen-bond donors (Lipinski definition) is 0. The van der Waals surface area contributed by atoms with Crippen molar-refractivity contribution in [2.45, 2.75) is 26.2 Å². The molecule has 1 saturated heterocycles. The van der Waals surface area contributed by atoms with Crippen molar-refractivity contribution in [2.75, 3.05) is 26.2 Å². The van der Waals surface area contributed by atoms with Gasteiger partial charge in [-0.2, -0.15) is 0 Å². The molecule has 2 rings (SSSR count). The van der Waals surface area contributed by atoms with Gasteiger partial charge in [0.25, 0.3) is 5.69 Å². The Kier molecular flexibility index (Phi) is 5.27. The lowest BCUT2D eigenvalue weighted by Gasteiger charge is -2.26. The van der Waals surface area contributed by atoms with E-state index in [0.717, 1.165) is 19.6 Å². The summed E-state index contributed by atoms with van der Waals surface area (Å²) in [4.78, 5) is 24.1. The molecule has 6 heteroatoms. The second-order valence-electron chi connectivity index (χ2n) is 5.24. The van der Waals surface area contributed by atoms with Crippen molar-refractivity contribution in [1.82, 2.24) is 4.90 Å². The summed E-state index contributed by atoms with van der Waals surface area (Å²) in [5.41, 5.74) is -0.0821. The normalized spacial score (nSPS) is 15.7. The smallest absolute Gasteiger partial charge is 0.283 e. The van der Waals surface area contributed by atoms with Crippen LogP contribution in [-0.4, -0.2) is 41.8 Å². The first kappa shape index (κ1) is 15.4. The summed E-state index contributed by atoms with van der Waals surface area (Å²) < 4.78 is 5.58. The van der Waals surface area contributed by atoms with Crippen LogP contribution in [0, 0.1) is 10.1 Å². The molecule has 1 heterocycles. The fourth-order valence-corrected chi connectivity index (χ4v) is 2.53. The largest absolute Gasteiger partial charge is 0.492 e. The topological polar surface area (TPSA) is 72.7 Å². The third-order valence-electron chi connectivity index (χ3n) is 3.67. The van der Waals surface area contributed by atoms with Gasteiger partial charge in [0.1, 0.15) is 12.4 Å². The maximum Gasteiger partial charge on any atom is 0.283 e. The molecular formula is C15H20N2O4. The van der Waals surface area contributed by atoms with Gasteiger partial charge in [0.05, 0.1) is 16.6 Å². The first-order valence-electron chi connectivity index (χ1n) is 7.22. The Morgan fingerprint density at radius 1 is 1.33 bits per heavy atom. The van der Waals surface area contributed by atoms with Gasteiger partial charge in [-0.25, -0.2) is 0 Å². The highest BCUT2D eigenvalue weighted by atomic mass is 16.6. The van der Waals surface area contributed by atoms with Crippen LogP contribution in [0.4, 0.5) is 5.69 Å². The molecule has 6 nitrogen and oxygen atoms in total. The van der Waals surface area contributed by atoms with E-state index in [1.54, 1.807) is 6.07 Å². The second-order valence-corrected chi connectivity index (χ2v) is 5.24. The number of likely N-dealkylation sites (tertiary alicyclic amines) is 1. The van der Waals surface area contributed by atoms with Crippen LogP contribution in [0.15, 0.2) is 18.2 Å². The molecule has 0 atom stereocenters. The minimum absolute atomic E-state index is 0.114. The summed E-state index contributed by atoms with van der Waals surface area (Å²) in [5.74, 6) is 0.116. The molecule has 1 aromatic carbocycles. The van der Waals surface area contributed by atoms with Crippen LogP contribution in [-0.2, 0) is 0 Å². The number of nitro groups is 1. The van der Waals surface area contributed by atoms with Crippen molar-refractivity contribution in [3.05, 3.63) is 33.9 Å². The van der Waals surface area contributed by atoms with Gasteiger partial charge >= 0.3 is 0 Å². The zero-order valence-corrected chi connectivity index (χ0v) is 12.2. The van der Waals surface area contributed by atoms with Crippen molar-refractivity contribution in [1.29, 1.82) is 0 Å². The van der Waals surface area contributed by atoms with E-state index in [4.69, 9.17) is 4.74 Å². The van der Waals surface area contributed by atoms with E-state index in [9.17, 15) is 14.9 Å². The number of nitrogens with zero attached hydrogens (tertiary/aromatic N) is 2. The van der Waals surface area contributed by atoms with Crippen molar-refractivity contribution < 1.29 is 14.5 Å². The highest BCUT2D eigenvalue weighted by Gasteiger charge is 2.18. The van der Waals surface area contributed by atoms with Gasteiger partial charge < -0.3 is 4.74 Å². The number of ether oxygens (including phenoxy) is 1. The van der Waals surface area contributed by atoms with Crippen LogP contribution in [0.25, 0.3) is 0 Å². The molecule has 21 heavy (non-hydrogen) atoms. The Labute approximate surface area is 123 Å². The summed E-state index contributed by atoms with van der Waals surface area (Å²) in [6.45, 7) is 4.82. The van der Waals surface area contributed by atoms with Crippen molar-refractivity contribution >= 4 is 11.5 Å². The average molecular weight is 292 g/mol. The summed E-state index contributed by atoms with van der Waals surface area (Å²) in [5, 5.41) is 11.0. The number of hydrogen-bond acceptors (Lipinski definition) is 5. The lowest BCUT2D eigenvalue weighted by molar-refractivity contribution is -0.385. The minimum atomic E-state index is -0.547. The first-order chi connectivity index (χ1) is 10.1. The van der Waals surface area contributed by atoms with E-state index in [1.165, 1.54) is 38.3 Å². The predicted octanol–water partition coefficient (Wildman–Crippen LogP) is 2.66. The van der Waals surface area contributed by atoms with Gasteiger partial charge in [-0.05, 0) is 45.0 Å². The molecule has 0 bridgehead atoms. The third-order valence-corrected chi connectivity index (χ3v) is 3.67. The monoisotopic (exact) mass is 292 g/mol. The molecule has 1 fully saturated rings. The number of nitro benzene ring substituents is 1. The molecule has 1 aliphatic rings. The lowest BCUT2D eigenvalue weighted by atomic mass is 10.1. The van der Waals surface area contributed by atoms with E-state index < -0.39 is 4.92 Å². The Hall–Kier alpha value is -1.95. The third kappa shape index (κ3) is 4.26. The molecule has 0 aliphatic carbocycles. The summed E-state index contributed by atoms with van der Waals surface area (Å²) in [7, 11) is 0. The Morgan fingerprint density at radius 3 is 2.67 bits per heavy atom. The number of rotatable bonds is 6. The number of carbonyl (C=O) groups excluding carboxylic acids is 1. The number of ketones is 1. The van der Waals surface area contributed by atoms with E-state index in [-0.39, 0.29) is 17.0 Å². The Bertz CT molecular complexity index is 524. The molecule has 0 spiro atoms. The van der Waals surface area contributed by atoms with Gasteiger partial charge in [0.2, 0.25) is 0 Å². The van der Waals surface area contributed by atoms with Crippen LogP contribution in [0.5, 0.6) is 5.75 Å². The molecule has 0 saturated carbocycles. The van der Waals surface area contributed by atoms with E-state index in [0.29, 0.717) is 12.4 Å². The molecule has 0 N–H and O–H groups in total. The van der Waals surface area contributed by atoms with Crippen LogP contribution in [0.3, 0.4) is 0 Å². The van der Waals surface area contributed by atoms with Crippen LogP contribution >= 0.6 is 0 Å². The fourth-order valence-electron chi connectivity index (χ4n) is 2.53. The second kappa shape index (κ2) is 7.17. The zero-order chi connectivity index (χ0) is 15.2. The molecule has 1 aromatic rings. The van der Waals surface area contributed by atoms with Gasteiger partial charge in [0.15, 0.2) is 5.78 Å². The molecule has 0 amide bonds. The van der Waals surface area contributed by atoms with E-state index in [1.807, 2.05) is 0 Å². The Morgan fingerprint density at radius 2 is 2.05 bits per heavy atom. The fraction of sp³-hybridized carbons (Fsp3) is 0.533. The highest BCUT2D eigenvalue weighted by molar-refractivity contribution is 5.98. The predicted molar refractivity (Wildman–Crippen MR) is 78.9 cm³/mol. The SMILES string of the molecule is CC(=O)c1ccc(OCCN2CCCCC2)cc1[N+](=O)[O-]. The van der Waals surface area contributed by atoms with Crippen LogP contribution < -0.4 is 4.74 Å². The molecule has 0 unspecified atom stereocenters. The molecule has 114 valence electrons. The summed E-state index contributed by atoms with van der Waals surface area (Å²) in [6, 6.07) is 4.39. The van der Waals surface area contributed by atoms with Gasteiger partial charge in [-0.3, -0.25) is 19.8 Å². The van der Waals surface area contributed by atoms with E-state index >= 15 is 0 Å². The quantitative estimate of drug-likeness (QED) is 0.458. The number of piperidine rings is 1. The number of benzene rings is 1. The lowest BCUT2D eigenvalue weighted by Crippen LogP contribution is -2.33. The standard InChI is InChI=1S/C15H20N2O4/c1-12(18)14-6-5-13(11-15(14)17(19)20)21-10-9-16-7-3-2-4-8-16/h5-6,11H,2-4,7-10H2,1H3. The maximum atomic E-state index is 11.4. The van der Waals surface area contributed by atoms with E-state index in [2.05, 4.69) is 4.90 Å². The Balaban J connectivity index is 1.95. The minimum Gasteiger partial charge on any atom is -0.492 e. The molecule has 0 radical (unpaired) electrons. The first-order valence-corrected chi connectivity index (χ1v) is 7.22. The van der Waals surface area contributed by atoms with Crippen LogP contribution in [0.1, 0.15) is 36.5 Å². The number of Topliss-reactive ketones (excluding diaryl/α,β-unsaturated/α-hetero) is 1. The number of carbonyl (C=O) groups is 1. The molecule has 0 aromatic heterocycles. The summed E-state index contributed by atoms with van der Waals surface area (Å²) >= 11 is 0.